The molecule has 8 heteroatoms. The van der Waals surface area contributed by atoms with Crippen molar-refractivity contribution in [3.8, 4) is 0 Å². The number of amides is 1. The summed E-state index contributed by atoms with van der Waals surface area (Å²) in [6.45, 7) is 6.65. The number of piperidine rings is 2. The zero-order chi connectivity index (χ0) is 18.5. The summed E-state index contributed by atoms with van der Waals surface area (Å²) in [4.78, 5) is 16.5. The third-order valence-electron chi connectivity index (χ3n) is 5.49. The minimum Gasteiger partial charge on any atom is -0.393 e. The molecular weight excluding hydrogens is 334 g/mol. The van der Waals surface area contributed by atoms with E-state index >= 15 is 0 Å². The highest BCUT2D eigenvalue weighted by molar-refractivity contribution is 5.77. The van der Waals surface area contributed by atoms with Gasteiger partial charge in [-0.3, -0.25) is 9.69 Å². The number of nitrogens with zero attached hydrogens (tertiary/aromatic N) is 5. The summed E-state index contributed by atoms with van der Waals surface area (Å²) in [5.41, 5.74) is 0. The Morgan fingerprint density at radius 2 is 2.00 bits per heavy atom. The van der Waals surface area contributed by atoms with Crippen LogP contribution in [0.25, 0.3) is 0 Å². The molecule has 2 aliphatic rings. The fourth-order valence-corrected chi connectivity index (χ4v) is 3.84. The van der Waals surface area contributed by atoms with Crippen molar-refractivity contribution in [2.75, 3.05) is 39.4 Å². The van der Waals surface area contributed by atoms with E-state index in [0.717, 1.165) is 63.5 Å². The van der Waals surface area contributed by atoms with Crippen molar-refractivity contribution in [3.63, 3.8) is 0 Å². The molecule has 1 aromatic rings. The van der Waals surface area contributed by atoms with Gasteiger partial charge in [-0.2, -0.15) is 0 Å². The molecule has 2 fully saturated rings. The molecule has 2 aliphatic heterocycles. The maximum Gasteiger partial charge on any atom is 0.248 e. The van der Waals surface area contributed by atoms with Crippen molar-refractivity contribution >= 4 is 5.91 Å². The Morgan fingerprint density at radius 3 is 2.73 bits per heavy atom. The number of ether oxygens (including phenoxy) is 1. The van der Waals surface area contributed by atoms with Crippen molar-refractivity contribution in [1.29, 1.82) is 0 Å². The van der Waals surface area contributed by atoms with Gasteiger partial charge in [0.05, 0.1) is 12.6 Å². The van der Waals surface area contributed by atoms with Gasteiger partial charge in [0.15, 0.2) is 0 Å². The topological polar surface area (TPSA) is 83.7 Å². The van der Waals surface area contributed by atoms with Crippen molar-refractivity contribution in [2.45, 2.75) is 51.2 Å². The Labute approximate surface area is 155 Å². The highest BCUT2D eigenvalue weighted by Gasteiger charge is 2.29. The first-order valence-corrected chi connectivity index (χ1v) is 9.72. The molecule has 3 heterocycles. The molecule has 1 N–H and O–H groups in total. The van der Waals surface area contributed by atoms with E-state index in [1.54, 1.807) is 0 Å². The number of likely N-dealkylation sites (tertiary alicyclic amines) is 2. The first-order chi connectivity index (χ1) is 12.6. The van der Waals surface area contributed by atoms with Crippen LogP contribution in [0.2, 0.25) is 0 Å². The van der Waals surface area contributed by atoms with Gasteiger partial charge in [-0.05, 0) is 32.6 Å². The zero-order valence-corrected chi connectivity index (χ0v) is 15.9. The second-order valence-electron chi connectivity index (χ2n) is 7.36. The van der Waals surface area contributed by atoms with E-state index in [0.29, 0.717) is 13.2 Å². The number of hydrogen-bond donors (Lipinski definition) is 1. The molecule has 0 radical (unpaired) electrons. The Bertz CT molecular complexity index is 598. The minimum absolute atomic E-state index is 0.0609. The fraction of sp³-hybridized carbons (Fsp3) is 0.833. The average Bonchev–Trinajstić information content (AvgIpc) is 3.02. The Hall–Kier alpha value is -1.51. The van der Waals surface area contributed by atoms with Gasteiger partial charge in [0.2, 0.25) is 5.91 Å². The molecule has 1 amide bonds. The Morgan fingerprint density at radius 1 is 1.23 bits per heavy atom. The molecule has 0 aromatic carbocycles. The summed E-state index contributed by atoms with van der Waals surface area (Å²) in [6.07, 6.45) is 3.49. The van der Waals surface area contributed by atoms with Crippen LogP contribution in [0.1, 0.15) is 50.2 Å². The molecule has 1 atom stereocenters. The van der Waals surface area contributed by atoms with E-state index in [1.807, 2.05) is 18.9 Å². The van der Waals surface area contributed by atoms with Crippen LogP contribution >= 0.6 is 0 Å². The summed E-state index contributed by atoms with van der Waals surface area (Å²) in [5, 5.41) is 18.5. The maximum absolute atomic E-state index is 12.2. The van der Waals surface area contributed by atoms with Crippen LogP contribution < -0.4 is 0 Å². The number of rotatable bonds is 6. The minimum atomic E-state index is -0.163. The molecule has 0 bridgehead atoms. The molecule has 0 unspecified atom stereocenters. The number of hydrogen-bond acceptors (Lipinski definition) is 6. The number of aromatic nitrogens is 3. The number of carbonyl (C=O) groups is 1. The molecule has 146 valence electrons. The lowest BCUT2D eigenvalue weighted by molar-refractivity contribution is -0.137. The number of carbonyl (C=O) groups excluding carboxylic acids is 1. The summed E-state index contributed by atoms with van der Waals surface area (Å²) in [6, 6.07) is 0. The van der Waals surface area contributed by atoms with Gasteiger partial charge in [-0.1, -0.05) is 0 Å². The van der Waals surface area contributed by atoms with E-state index < -0.39 is 0 Å². The normalized spacial score (nSPS) is 22.7. The molecule has 3 rings (SSSR count). The Kier molecular flexibility index (Phi) is 6.61. The zero-order valence-electron chi connectivity index (χ0n) is 15.9. The van der Waals surface area contributed by atoms with Crippen LogP contribution in [0.15, 0.2) is 0 Å². The highest BCUT2D eigenvalue weighted by Crippen LogP contribution is 2.26. The van der Waals surface area contributed by atoms with Crippen LogP contribution in [0.4, 0.5) is 0 Å². The molecule has 0 saturated carbocycles. The molecule has 1 aromatic heterocycles. The van der Waals surface area contributed by atoms with Crippen LogP contribution in [-0.2, 0) is 23.1 Å². The molecule has 26 heavy (non-hydrogen) atoms. The van der Waals surface area contributed by atoms with Gasteiger partial charge >= 0.3 is 0 Å². The largest absolute Gasteiger partial charge is 0.393 e. The smallest absolute Gasteiger partial charge is 0.248 e. The van der Waals surface area contributed by atoms with Gasteiger partial charge in [0, 0.05) is 45.8 Å². The summed E-state index contributed by atoms with van der Waals surface area (Å²) < 4.78 is 7.35. The van der Waals surface area contributed by atoms with Gasteiger partial charge in [-0.15, -0.1) is 10.2 Å². The van der Waals surface area contributed by atoms with Crippen molar-refractivity contribution < 1.29 is 14.6 Å². The van der Waals surface area contributed by atoms with Gasteiger partial charge in [-0.25, -0.2) is 0 Å². The third-order valence-corrected chi connectivity index (χ3v) is 5.49. The monoisotopic (exact) mass is 365 g/mol. The third kappa shape index (κ3) is 4.61. The SMILES string of the molecule is CCOCC(=O)N1CCC[C@@H](c2nnc(CN3CCC(O)CC3)n2C)C1. The molecular formula is C18H31N5O3. The van der Waals surface area contributed by atoms with Gasteiger partial charge in [0.1, 0.15) is 18.3 Å². The van der Waals surface area contributed by atoms with Gasteiger partial charge in [0.25, 0.3) is 0 Å². The number of aliphatic hydroxyl groups excluding tert-OH is 1. The van der Waals surface area contributed by atoms with Crippen molar-refractivity contribution in [1.82, 2.24) is 24.6 Å². The predicted octanol–water partition coefficient (Wildman–Crippen LogP) is 0.514. The summed E-state index contributed by atoms with van der Waals surface area (Å²) in [5.74, 6) is 2.20. The molecule has 0 spiro atoms. The van der Waals surface area contributed by atoms with Crippen LogP contribution in [-0.4, -0.2) is 81.1 Å². The fourth-order valence-electron chi connectivity index (χ4n) is 3.84. The first kappa shape index (κ1) is 19.3. The van der Waals surface area contributed by atoms with E-state index in [1.165, 1.54) is 0 Å². The second-order valence-corrected chi connectivity index (χ2v) is 7.36. The van der Waals surface area contributed by atoms with Crippen LogP contribution in [0.5, 0.6) is 0 Å². The van der Waals surface area contributed by atoms with Gasteiger partial charge < -0.3 is 19.3 Å². The van der Waals surface area contributed by atoms with E-state index in [4.69, 9.17) is 4.74 Å². The van der Waals surface area contributed by atoms with Crippen LogP contribution in [0, 0.1) is 0 Å². The molecule has 2 saturated heterocycles. The predicted molar refractivity (Wildman–Crippen MR) is 96.6 cm³/mol. The lowest BCUT2D eigenvalue weighted by Crippen LogP contribution is -2.41. The van der Waals surface area contributed by atoms with Crippen LogP contribution in [0.3, 0.4) is 0 Å². The van der Waals surface area contributed by atoms with E-state index in [-0.39, 0.29) is 24.5 Å². The number of aliphatic hydroxyl groups is 1. The first-order valence-electron chi connectivity index (χ1n) is 9.72. The molecule has 0 aliphatic carbocycles. The quantitative estimate of drug-likeness (QED) is 0.791. The highest BCUT2D eigenvalue weighted by atomic mass is 16.5. The summed E-state index contributed by atoms with van der Waals surface area (Å²) >= 11 is 0. The van der Waals surface area contributed by atoms with E-state index in [9.17, 15) is 9.90 Å². The van der Waals surface area contributed by atoms with E-state index in [2.05, 4.69) is 19.7 Å². The maximum atomic E-state index is 12.2. The second kappa shape index (κ2) is 8.92. The summed E-state index contributed by atoms with van der Waals surface area (Å²) in [7, 11) is 2.02. The average molecular weight is 365 g/mol. The van der Waals surface area contributed by atoms with Crippen molar-refractivity contribution in [3.05, 3.63) is 11.6 Å². The molecule has 8 nitrogen and oxygen atoms in total. The standard InChI is InChI=1S/C18H31N5O3/c1-3-26-13-17(25)23-8-4-5-14(11-23)18-20-19-16(21(18)2)12-22-9-6-15(24)7-10-22/h14-15,24H,3-13H2,1-2H3/t14-/m1/s1. The Balaban J connectivity index is 1.60. The lowest BCUT2D eigenvalue weighted by atomic mass is 9.97. The van der Waals surface area contributed by atoms with Crippen molar-refractivity contribution in [2.24, 2.45) is 7.05 Å². The lowest BCUT2D eigenvalue weighted by Gasteiger charge is -2.32.